The largest absolute Gasteiger partial charge is 0.397 e. The van der Waals surface area contributed by atoms with Crippen LogP contribution in [0.2, 0.25) is 0 Å². The summed E-state index contributed by atoms with van der Waals surface area (Å²) in [4.78, 5) is 9.07. The number of hydrogen-bond acceptors (Lipinski definition) is 6. The minimum Gasteiger partial charge on any atom is -0.397 e. The number of aromatic nitrogens is 2. The van der Waals surface area contributed by atoms with Crippen LogP contribution in [0.25, 0.3) is 0 Å². The lowest BCUT2D eigenvalue weighted by Gasteiger charge is -2.08. The van der Waals surface area contributed by atoms with Gasteiger partial charge in [-0.1, -0.05) is 6.07 Å². The van der Waals surface area contributed by atoms with E-state index in [-0.39, 0.29) is 10.6 Å². The van der Waals surface area contributed by atoms with Gasteiger partial charge < -0.3 is 5.73 Å². The number of para-hydroxylation sites is 1. The van der Waals surface area contributed by atoms with E-state index >= 15 is 0 Å². The maximum Gasteiger partial charge on any atom is 0.192 e. The number of anilines is 1. The van der Waals surface area contributed by atoms with Gasteiger partial charge in [0.05, 0.1) is 10.6 Å². The van der Waals surface area contributed by atoms with Crippen LogP contribution in [0.5, 0.6) is 0 Å². The van der Waals surface area contributed by atoms with E-state index in [0.717, 1.165) is 11.8 Å². The van der Waals surface area contributed by atoms with E-state index < -0.39 is 9.84 Å². The van der Waals surface area contributed by atoms with E-state index in [2.05, 4.69) is 9.97 Å². The first-order chi connectivity index (χ1) is 8.88. The summed E-state index contributed by atoms with van der Waals surface area (Å²) in [6, 6.07) is 4.89. The Hall–Kier alpha value is -1.60. The Labute approximate surface area is 116 Å². The summed E-state index contributed by atoms with van der Waals surface area (Å²) < 4.78 is 23.2. The Morgan fingerprint density at radius 3 is 2.42 bits per heavy atom. The molecule has 1 aromatic carbocycles. The molecule has 1 aromatic heterocycles. The molecule has 5 nitrogen and oxygen atoms in total. The lowest BCUT2D eigenvalue weighted by molar-refractivity contribution is 0.602. The van der Waals surface area contributed by atoms with Crippen LogP contribution in [0.15, 0.2) is 45.5 Å². The van der Waals surface area contributed by atoms with Crippen molar-refractivity contribution in [1.29, 1.82) is 0 Å². The number of rotatable bonds is 3. The smallest absolute Gasteiger partial charge is 0.192 e. The summed E-state index contributed by atoms with van der Waals surface area (Å²) in [5.74, 6) is 0. The van der Waals surface area contributed by atoms with Gasteiger partial charge in [-0.15, -0.1) is 0 Å². The molecule has 1 heterocycles. The third-order valence-corrected chi connectivity index (χ3v) is 4.51. The first-order valence-electron chi connectivity index (χ1n) is 5.43. The second kappa shape index (κ2) is 5.18. The third kappa shape index (κ3) is 3.24. The van der Waals surface area contributed by atoms with Gasteiger partial charge >= 0.3 is 0 Å². The number of aryl methyl sites for hydroxylation is 1. The fourth-order valence-electron chi connectivity index (χ4n) is 1.47. The molecule has 2 N–H and O–H groups in total. The van der Waals surface area contributed by atoms with Crippen LogP contribution in [0.3, 0.4) is 0 Å². The second-order valence-electron chi connectivity index (χ2n) is 4.09. The van der Waals surface area contributed by atoms with Crippen LogP contribution in [0.4, 0.5) is 5.69 Å². The molecule has 2 aromatic rings. The van der Waals surface area contributed by atoms with Gasteiger partial charge in [-0.05, 0) is 36.4 Å². The van der Waals surface area contributed by atoms with Crippen LogP contribution in [0, 0.1) is 6.92 Å². The van der Waals surface area contributed by atoms with E-state index in [1.54, 1.807) is 24.5 Å². The number of benzene rings is 1. The van der Waals surface area contributed by atoms with Crippen molar-refractivity contribution in [3.63, 3.8) is 0 Å². The number of nitrogens with zero attached hydrogens (tertiary/aromatic N) is 2. The topological polar surface area (TPSA) is 85.9 Å². The molecule has 7 heteroatoms. The third-order valence-electron chi connectivity index (χ3n) is 2.38. The van der Waals surface area contributed by atoms with Crippen LogP contribution in [-0.2, 0) is 9.84 Å². The Bertz CT molecular complexity index is 697. The zero-order valence-electron chi connectivity index (χ0n) is 10.5. The van der Waals surface area contributed by atoms with Crippen LogP contribution in [-0.4, -0.2) is 24.6 Å². The average Bonchev–Trinajstić information content (AvgIpc) is 2.33. The Kier molecular flexibility index (Phi) is 3.77. The number of nitrogen functional groups attached to an aromatic ring is 1. The zero-order valence-corrected chi connectivity index (χ0v) is 12.1. The van der Waals surface area contributed by atoms with Gasteiger partial charge in [0.15, 0.2) is 15.0 Å². The first kappa shape index (κ1) is 13.8. The molecule has 0 atom stereocenters. The molecule has 19 heavy (non-hydrogen) atoms. The van der Waals surface area contributed by atoms with Gasteiger partial charge in [0, 0.05) is 23.5 Å². The number of sulfone groups is 1. The van der Waals surface area contributed by atoms with Gasteiger partial charge in [0.2, 0.25) is 0 Å². The molecule has 0 fully saturated rings. The van der Waals surface area contributed by atoms with Gasteiger partial charge in [0.1, 0.15) is 0 Å². The van der Waals surface area contributed by atoms with Crippen LogP contribution in [0.1, 0.15) is 5.56 Å². The van der Waals surface area contributed by atoms with Crippen molar-refractivity contribution in [3.05, 3.63) is 36.2 Å². The van der Waals surface area contributed by atoms with Crippen LogP contribution >= 0.6 is 11.8 Å². The maximum absolute atomic E-state index is 11.6. The molecule has 0 aliphatic rings. The summed E-state index contributed by atoms with van der Waals surface area (Å²) in [6.45, 7) is 1.90. The molecular formula is C12H13N3O2S2. The highest BCUT2D eigenvalue weighted by atomic mass is 32.2. The molecule has 0 spiro atoms. The van der Waals surface area contributed by atoms with E-state index in [0.29, 0.717) is 10.1 Å². The van der Waals surface area contributed by atoms with E-state index in [1.807, 2.05) is 6.92 Å². The zero-order chi connectivity index (χ0) is 14.0. The van der Waals surface area contributed by atoms with Gasteiger partial charge in [-0.2, -0.15) is 0 Å². The first-order valence-corrected chi connectivity index (χ1v) is 8.14. The van der Waals surface area contributed by atoms with Crippen molar-refractivity contribution < 1.29 is 8.42 Å². The molecule has 100 valence electrons. The van der Waals surface area contributed by atoms with Gasteiger partial charge in [-0.25, -0.2) is 18.4 Å². The second-order valence-corrected chi connectivity index (χ2v) is 7.08. The summed E-state index contributed by atoms with van der Waals surface area (Å²) in [5, 5.41) is 0.531. The predicted octanol–water partition coefficient (Wildman–Crippen LogP) is 1.92. The minimum absolute atomic E-state index is 0.129. The Morgan fingerprint density at radius 1 is 1.21 bits per heavy atom. The normalized spacial score (nSPS) is 11.5. The molecule has 0 bridgehead atoms. The molecule has 0 aliphatic carbocycles. The standard InChI is InChI=1S/C12H13N3O2S2/c1-8-6-14-12(15-7-8)18-9-4-3-5-10(11(9)13)19(2,16)17/h3-7H,13H2,1-2H3. The molecule has 2 rings (SSSR count). The van der Waals surface area contributed by atoms with Crippen molar-refractivity contribution in [3.8, 4) is 0 Å². The molecule has 0 unspecified atom stereocenters. The highest BCUT2D eigenvalue weighted by Crippen LogP contribution is 2.33. The van der Waals surface area contributed by atoms with Gasteiger partial charge in [0.25, 0.3) is 0 Å². The summed E-state index contributed by atoms with van der Waals surface area (Å²) in [6.07, 6.45) is 4.54. The molecule has 0 radical (unpaired) electrons. The Morgan fingerprint density at radius 2 is 1.84 bits per heavy atom. The monoisotopic (exact) mass is 295 g/mol. The fourth-order valence-corrected chi connectivity index (χ4v) is 3.14. The van der Waals surface area contributed by atoms with Gasteiger partial charge in [-0.3, -0.25) is 0 Å². The molecule has 0 amide bonds. The SMILES string of the molecule is Cc1cnc(Sc2cccc(S(C)(=O)=O)c2N)nc1. The Balaban J connectivity index is 2.39. The summed E-state index contributed by atoms with van der Waals surface area (Å²) in [7, 11) is -3.33. The quantitative estimate of drug-likeness (QED) is 0.687. The van der Waals surface area contributed by atoms with Crippen LogP contribution < -0.4 is 5.73 Å². The van der Waals surface area contributed by atoms with Crippen molar-refractivity contribution in [2.45, 2.75) is 21.9 Å². The number of hydrogen-bond donors (Lipinski definition) is 1. The predicted molar refractivity (Wildman–Crippen MR) is 74.9 cm³/mol. The number of nitrogens with two attached hydrogens (primary N) is 1. The van der Waals surface area contributed by atoms with Crippen molar-refractivity contribution in [2.24, 2.45) is 0 Å². The van der Waals surface area contributed by atoms with Crippen molar-refractivity contribution >= 4 is 27.3 Å². The minimum atomic E-state index is -3.33. The highest BCUT2D eigenvalue weighted by molar-refractivity contribution is 7.99. The fraction of sp³-hybridized carbons (Fsp3) is 0.167. The average molecular weight is 295 g/mol. The molecule has 0 aliphatic heterocycles. The lowest BCUT2D eigenvalue weighted by Crippen LogP contribution is -2.03. The van der Waals surface area contributed by atoms with Crippen molar-refractivity contribution in [2.75, 3.05) is 12.0 Å². The molecule has 0 saturated heterocycles. The molecular weight excluding hydrogens is 282 g/mol. The highest BCUT2D eigenvalue weighted by Gasteiger charge is 2.15. The summed E-state index contributed by atoms with van der Waals surface area (Å²) in [5.41, 5.74) is 7.09. The van der Waals surface area contributed by atoms with Crippen molar-refractivity contribution in [1.82, 2.24) is 9.97 Å². The lowest BCUT2D eigenvalue weighted by atomic mass is 10.3. The maximum atomic E-state index is 11.6. The summed E-state index contributed by atoms with van der Waals surface area (Å²) >= 11 is 1.24. The van der Waals surface area contributed by atoms with E-state index in [9.17, 15) is 8.42 Å². The van der Waals surface area contributed by atoms with E-state index in [1.165, 1.54) is 17.8 Å². The molecule has 0 saturated carbocycles. The van der Waals surface area contributed by atoms with E-state index in [4.69, 9.17) is 5.73 Å².